The molecule has 2 N–H and O–H groups in total. The van der Waals surface area contributed by atoms with E-state index in [0.29, 0.717) is 0 Å². The summed E-state index contributed by atoms with van der Waals surface area (Å²) in [5.41, 5.74) is 0. The van der Waals surface area contributed by atoms with Crippen LogP contribution < -0.4 is 10.5 Å². The average molecular weight is 191 g/mol. The summed E-state index contributed by atoms with van der Waals surface area (Å²) in [5.74, 6) is 5.27. The molecule has 0 aromatic carbocycles. The molecule has 1 aromatic heterocycles. The van der Waals surface area contributed by atoms with Crippen molar-refractivity contribution in [3.8, 4) is 0 Å². The molecule has 0 amide bonds. The predicted molar refractivity (Wildman–Crippen MR) is 37.3 cm³/mol. The molecule has 0 saturated carbocycles. The summed E-state index contributed by atoms with van der Waals surface area (Å²) in [5, 5.41) is 0. The maximum absolute atomic E-state index is 8.52. The largest absolute Gasteiger partial charge is 0.759 e. The molecular formula is C5H7N2O4S-. The van der Waals surface area contributed by atoms with Gasteiger partial charge >= 0.3 is 0 Å². The Balaban J connectivity index is 0.000000217. The van der Waals surface area contributed by atoms with Crippen LogP contribution in [0.1, 0.15) is 0 Å². The van der Waals surface area contributed by atoms with E-state index in [0.717, 1.165) is 0 Å². The maximum Gasteiger partial charge on any atom is 0.199 e. The van der Waals surface area contributed by atoms with E-state index in [1.807, 2.05) is 18.2 Å². The Morgan fingerprint density at radius 1 is 1.08 bits per heavy atom. The van der Waals surface area contributed by atoms with Crippen LogP contribution in [0, 0.1) is 0 Å². The van der Waals surface area contributed by atoms with E-state index < -0.39 is 10.4 Å². The third kappa shape index (κ3) is 11.6. The van der Waals surface area contributed by atoms with Gasteiger partial charge in [-0.2, -0.15) is 0 Å². The number of nitrogens with zero attached hydrogens (tertiary/aromatic N) is 1. The van der Waals surface area contributed by atoms with Gasteiger partial charge < -0.3 is 9.11 Å². The summed E-state index contributed by atoms with van der Waals surface area (Å²) in [6.45, 7) is 0. The van der Waals surface area contributed by atoms with Crippen molar-refractivity contribution in [3.63, 3.8) is 0 Å². The minimum Gasteiger partial charge on any atom is -0.759 e. The Morgan fingerprint density at radius 2 is 1.42 bits per heavy atom. The van der Waals surface area contributed by atoms with Gasteiger partial charge in [0, 0.05) is 22.5 Å². The molecular weight excluding hydrogens is 184 g/mol. The van der Waals surface area contributed by atoms with Crippen molar-refractivity contribution < 1.29 is 22.2 Å². The van der Waals surface area contributed by atoms with Crippen LogP contribution in [-0.2, 0) is 10.4 Å². The fourth-order valence-electron chi connectivity index (χ4n) is 0.412. The first-order valence-electron chi connectivity index (χ1n) is 2.77. The lowest BCUT2D eigenvalue weighted by molar-refractivity contribution is -0.638. The lowest BCUT2D eigenvalue weighted by atomic mass is 10.5. The highest BCUT2D eigenvalue weighted by Crippen LogP contribution is 1.70. The smallest absolute Gasteiger partial charge is 0.199 e. The molecule has 0 aliphatic heterocycles. The monoisotopic (exact) mass is 191 g/mol. The van der Waals surface area contributed by atoms with Crippen LogP contribution in [0.2, 0.25) is 0 Å². The number of nitrogens with two attached hydrogens (primary N) is 1. The highest BCUT2D eigenvalue weighted by molar-refractivity contribution is 7.79. The lowest BCUT2D eigenvalue weighted by Crippen LogP contribution is -2.42. The molecule has 68 valence electrons. The zero-order valence-corrected chi connectivity index (χ0v) is 6.77. The molecule has 0 aliphatic rings. The number of nitrogen functional groups attached to an aromatic ring is 1. The van der Waals surface area contributed by atoms with Gasteiger partial charge in [-0.15, -0.1) is 0 Å². The SMILES string of the molecule is N[n+]1ccccc1.O=S(=O)([O-])[O-]. The summed E-state index contributed by atoms with van der Waals surface area (Å²) < 4.78 is 35.6. The van der Waals surface area contributed by atoms with Crippen LogP contribution in [0.25, 0.3) is 0 Å². The van der Waals surface area contributed by atoms with Gasteiger partial charge in [0.25, 0.3) is 0 Å². The maximum atomic E-state index is 8.52. The van der Waals surface area contributed by atoms with E-state index >= 15 is 0 Å². The minimum atomic E-state index is -5.17. The predicted octanol–water partition coefficient (Wildman–Crippen LogP) is -1.65. The molecule has 0 radical (unpaired) electrons. The van der Waals surface area contributed by atoms with Crippen molar-refractivity contribution in [2.24, 2.45) is 0 Å². The average Bonchev–Trinajstić information content (AvgIpc) is 1.85. The number of rotatable bonds is 0. The Hall–Kier alpha value is -1.18. The second-order valence-electron chi connectivity index (χ2n) is 1.73. The zero-order valence-electron chi connectivity index (χ0n) is 5.95. The van der Waals surface area contributed by atoms with Crippen LogP contribution in [0.3, 0.4) is 0 Å². The topological polar surface area (TPSA) is 110 Å². The number of hydrogen-bond acceptors (Lipinski definition) is 5. The first kappa shape index (κ1) is 10.8. The first-order valence-corrected chi connectivity index (χ1v) is 4.11. The second-order valence-corrected chi connectivity index (χ2v) is 2.55. The van der Waals surface area contributed by atoms with Gasteiger partial charge in [-0.1, -0.05) is 10.7 Å². The van der Waals surface area contributed by atoms with Gasteiger partial charge in [-0.3, -0.25) is 8.42 Å². The highest BCUT2D eigenvalue weighted by atomic mass is 32.3. The van der Waals surface area contributed by atoms with Crippen molar-refractivity contribution in [1.29, 1.82) is 0 Å². The molecule has 6 nitrogen and oxygen atoms in total. The molecule has 1 aromatic rings. The highest BCUT2D eigenvalue weighted by Gasteiger charge is 1.79. The first-order chi connectivity index (χ1) is 5.39. The minimum absolute atomic E-state index is 1.50. The van der Waals surface area contributed by atoms with E-state index in [1.54, 1.807) is 12.4 Å². The molecule has 0 aliphatic carbocycles. The fraction of sp³-hybridized carbons (Fsp3) is 0. The number of pyridine rings is 1. The summed E-state index contributed by atoms with van der Waals surface area (Å²) in [7, 11) is -5.17. The van der Waals surface area contributed by atoms with Crippen molar-refractivity contribution in [2.75, 3.05) is 5.84 Å². The molecule has 0 atom stereocenters. The molecule has 0 fully saturated rings. The third-order valence-corrected chi connectivity index (χ3v) is 0.739. The van der Waals surface area contributed by atoms with Crippen LogP contribution in [0.5, 0.6) is 0 Å². The van der Waals surface area contributed by atoms with Crippen LogP contribution in [0.4, 0.5) is 0 Å². The van der Waals surface area contributed by atoms with E-state index in [9.17, 15) is 0 Å². The summed E-state index contributed by atoms with van der Waals surface area (Å²) in [6, 6.07) is 5.67. The van der Waals surface area contributed by atoms with Gasteiger partial charge in [-0.25, -0.2) is 5.84 Å². The second kappa shape index (κ2) is 4.65. The molecule has 7 heteroatoms. The van der Waals surface area contributed by atoms with Crippen molar-refractivity contribution in [1.82, 2.24) is 0 Å². The number of aromatic nitrogens is 1. The Labute approximate surface area is 69.8 Å². The zero-order chi connectivity index (χ0) is 9.61. The normalized spacial score (nSPS) is 9.83. The molecule has 0 saturated heterocycles. The van der Waals surface area contributed by atoms with Crippen molar-refractivity contribution >= 4 is 10.4 Å². The Morgan fingerprint density at radius 3 is 1.58 bits per heavy atom. The van der Waals surface area contributed by atoms with E-state index in [4.69, 9.17) is 23.4 Å². The summed E-state index contributed by atoms with van der Waals surface area (Å²) >= 11 is 0. The molecule has 1 heterocycles. The molecule has 1 rings (SSSR count). The van der Waals surface area contributed by atoms with E-state index in [2.05, 4.69) is 0 Å². The summed E-state index contributed by atoms with van der Waals surface area (Å²) in [4.78, 5) is 0. The molecule has 0 unspecified atom stereocenters. The molecule has 0 bridgehead atoms. The lowest BCUT2D eigenvalue weighted by Gasteiger charge is -2.06. The standard InChI is InChI=1S/C5H7N2.H2O4S/c6-7-4-2-1-3-5-7;1-5(2,3)4/h1-5H,6H2;(H2,1,2,3,4)/q+1;/p-2. The van der Waals surface area contributed by atoms with Crippen LogP contribution in [-0.4, -0.2) is 17.5 Å². The van der Waals surface area contributed by atoms with Gasteiger partial charge in [0.1, 0.15) is 0 Å². The molecule has 12 heavy (non-hydrogen) atoms. The fourth-order valence-corrected chi connectivity index (χ4v) is 0.412. The summed E-state index contributed by atoms with van der Waals surface area (Å²) in [6.07, 6.45) is 3.56. The van der Waals surface area contributed by atoms with Crippen LogP contribution >= 0.6 is 0 Å². The van der Waals surface area contributed by atoms with Crippen molar-refractivity contribution in [3.05, 3.63) is 30.6 Å². The quantitative estimate of drug-likeness (QED) is 0.228. The Bertz CT molecular complexity index is 301. The molecule has 0 spiro atoms. The van der Waals surface area contributed by atoms with Crippen LogP contribution in [0.15, 0.2) is 30.6 Å². The van der Waals surface area contributed by atoms with Gasteiger partial charge in [-0.05, 0) is 0 Å². The number of hydrogen-bond donors (Lipinski definition) is 1. The van der Waals surface area contributed by atoms with E-state index in [1.165, 1.54) is 4.68 Å². The van der Waals surface area contributed by atoms with Gasteiger partial charge in [0.2, 0.25) is 0 Å². The van der Waals surface area contributed by atoms with Crippen molar-refractivity contribution in [2.45, 2.75) is 0 Å². The van der Waals surface area contributed by atoms with Gasteiger partial charge in [0.15, 0.2) is 12.4 Å². The van der Waals surface area contributed by atoms with E-state index in [-0.39, 0.29) is 0 Å². The Kier molecular flexibility index (Phi) is 4.19. The van der Waals surface area contributed by atoms with Gasteiger partial charge in [0.05, 0.1) is 0 Å². The third-order valence-electron chi connectivity index (χ3n) is 0.739.